The van der Waals surface area contributed by atoms with Crippen molar-refractivity contribution in [1.29, 1.82) is 0 Å². The number of ether oxygens (including phenoxy) is 1. The fourth-order valence-corrected chi connectivity index (χ4v) is 2.42. The molecule has 21 heavy (non-hydrogen) atoms. The van der Waals surface area contributed by atoms with Crippen LogP contribution in [0.5, 0.6) is 5.75 Å². The molecule has 0 atom stereocenters. The predicted octanol–water partition coefficient (Wildman–Crippen LogP) is 1.53. The van der Waals surface area contributed by atoms with Gasteiger partial charge in [-0.05, 0) is 41.9 Å². The van der Waals surface area contributed by atoms with E-state index in [1.54, 1.807) is 24.3 Å². The lowest BCUT2D eigenvalue weighted by atomic mass is 10.3. The van der Waals surface area contributed by atoms with Crippen LogP contribution in [0.15, 0.2) is 36.5 Å². The SMILES string of the molecule is Nc1ccc(OCCS(=O)(=O)Nc2ccnc(Cl)n2)cc1. The van der Waals surface area contributed by atoms with E-state index in [1.165, 1.54) is 12.3 Å². The first-order chi connectivity index (χ1) is 9.94. The molecule has 2 aromatic rings. The van der Waals surface area contributed by atoms with E-state index in [0.29, 0.717) is 11.4 Å². The van der Waals surface area contributed by atoms with Crippen molar-refractivity contribution in [2.24, 2.45) is 0 Å². The van der Waals surface area contributed by atoms with E-state index in [4.69, 9.17) is 22.1 Å². The lowest BCUT2D eigenvalue weighted by Gasteiger charge is -2.09. The molecule has 112 valence electrons. The molecule has 9 heteroatoms. The summed E-state index contributed by atoms with van der Waals surface area (Å²) in [6.07, 6.45) is 1.36. The van der Waals surface area contributed by atoms with Crippen LogP contribution in [0, 0.1) is 0 Å². The Morgan fingerprint density at radius 2 is 1.95 bits per heavy atom. The minimum absolute atomic E-state index is 0.00192. The Labute approximate surface area is 127 Å². The van der Waals surface area contributed by atoms with Crippen molar-refractivity contribution >= 4 is 33.1 Å². The van der Waals surface area contributed by atoms with Crippen LogP contribution < -0.4 is 15.2 Å². The van der Waals surface area contributed by atoms with Gasteiger partial charge in [0.05, 0.1) is 0 Å². The van der Waals surface area contributed by atoms with Crippen LogP contribution in [0.1, 0.15) is 0 Å². The van der Waals surface area contributed by atoms with Gasteiger partial charge in [0.25, 0.3) is 0 Å². The number of hydrogen-bond donors (Lipinski definition) is 2. The van der Waals surface area contributed by atoms with Gasteiger partial charge < -0.3 is 10.5 Å². The van der Waals surface area contributed by atoms with Crippen molar-refractivity contribution in [1.82, 2.24) is 9.97 Å². The summed E-state index contributed by atoms with van der Waals surface area (Å²) in [4.78, 5) is 7.41. The summed E-state index contributed by atoms with van der Waals surface area (Å²) in [6.45, 7) is -0.00192. The molecule has 2 rings (SSSR count). The van der Waals surface area contributed by atoms with E-state index in [2.05, 4.69) is 14.7 Å². The predicted molar refractivity (Wildman–Crippen MR) is 80.8 cm³/mol. The minimum Gasteiger partial charge on any atom is -0.492 e. The van der Waals surface area contributed by atoms with Crippen molar-refractivity contribution in [3.63, 3.8) is 0 Å². The molecule has 0 saturated carbocycles. The number of nitrogens with one attached hydrogen (secondary N) is 1. The van der Waals surface area contributed by atoms with Crippen molar-refractivity contribution in [3.8, 4) is 5.75 Å². The standard InChI is InChI=1S/C12H13ClN4O3S/c13-12-15-6-5-11(16-12)17-21(18,19)8-7-20-10-3-1-9(14)2-4-10/h1-6H,7-8,14H2,(H,15,16,17). The normalized spacial score (nSPS) is 11.1. The lowest BCUT2D eigenvalue weighted by molar-refractivity contribution is 0.341. The third kappa shape index (κ3) is 5.09. The Bertz CT molecular complexity index is 707. The number of nitrogens with two attached hydrogens (primary N) is 1. The van der Waals surface area contributed by atoms with Crippen LogP contribution in [-0.4, -0.2) is 30.7 Å². The first-order valence-corrected chi connectivity index (χ1v) is 7.95. The molecule has 0 bridgehead atoms. The van der Waals surface area contributed by atoms with Crippen LogP contribution in [0.2, 0.25) is 5.28 Å². The highest BCUT2D eigenvalue weighted by atomic mass is 35.5. The van der Waals surface area contributed by atoms with Gasteiger partial charge in [-0.2, -0.15) is 4.98 Å². The van der Waals surface area contributed by atoms with Crippen molar-refractivity contribution in [3.05, 3.63) is 41.8 Å². The number of halogens is 1. The maximum atomic E-state index is 11.8. The first kappa shape index (κ1) is 15.3. The molecule has 7 nitrogen and oxygen atoms in total. The lowest BCUT2D eigenvalue weighted by Crippen LogP contribution is -2.21. The molecule has 0 aliphatic heterocycles. The largest absolute Gasteiger partial charge is 0.492 e. The van der Waals surface area contributed by atoms with Crippen LogP contribution in [0.3, 0.4) is 0 Å². The van der Waals surface area contributed by atoms with Gasteiger partial charge in [-0.25, -0.2) is 13.4 Å². The van der Waals surface area contributed by atoms with Gasteiger partial charge >= 0.3 is 0 Å². The number of sulfonamides is 1. The fourth-order valence-electron chi connectivity index (χ4n) is 1.44. The van der Waals surface area contributed by atoms with Crippen molar-refractivity contribution in [2.75, 3.05) is 22.8 Å². The molecule has 1 aromatic heterocycles. The second-order valence-electron chi connectivity index (χ2n) is 4.05. The van der Waals surface area contributed by atoms with Gasteiger partial charge in [-0.15, -0.1) is 0 Å². The smallest absolute Gasteiger partial charge is 0.237 e. The first-order valence-electron chi connectivity index (χ1n) is 5.92. The van der Waals surface area contributed by atoms with Gasteiger partial charge in [0.15, 0.2) is 0 Å². The summed E-state index contributed by atoms with van der Waals surface area (Å²) >= 11 is 5.58. The summed E-state index contributed by atoms with van der Waals surface area (Å²) in [7, 11) is -3.58. The highest BCUT2D eigenvalue weighted by molar-refractivity contribution is 7.92. The van der Waals surface area contributed by atoms with Crippen LogP contribution in [0.4, 0.5) is 11.5 Å². The molecular weight excluding hydrogens is 316 g/mol. The molecule has 0 spiro atoms. The zero-order valence-electron chi connectivity index (χ0n) is 10.9. The monoisotopic (exact) mass is 328 g/mol. The Kier molecular flexibility index (Phi) is 4.81. The molecule has 1 aromatic carbocycles. The maximum absolute atomic E-state index is 11.8. The second-order valence-corrected chi connectivity index (χ2v) is 6.23. The average molecular weight is 329 g/mol. The summed E-state index contributed by atoms with van der Waals surface area (Å²) in [5.41, 5.74) is 6.15. The highest BCUT2D eigenvalue weighted by Crippen LogP contribution is 2.13. The number of benzene rings is 1. The number of aromatic nitrogens is 2. The Balaban J connectivity index is 1.88. The molecule has 3 N–H and O–H groups in total. The molecule has 0 radical (unpaired) electrons. The van der Waals surface area contributed by atoms with E-state index in [-0.39, 0.29) is 23.5 Å². The highest BCUT2D eigenvalue weighted by Gasteiger charge is 2.12. The summed E-state index contributed by atoms with van der Waals surface area (Å²) in [5, 5.41) is -0.0340. The van der Waals surface area contributed by atoms with Gasteiger partial charge in [-0.1, -0.05) is 0 Å². The number of nitrogens with zero attached hydrogens (tertiary/aromatic N) is 2. The third-order valence-electron chi connectivity index (χ3n) is 2.39. The molecule has 0 saturated heterocycles. The Morgan fingerprint density at radius 1 is 1.24 bits per heavy atom. The summed E-state index contributed by atoms with van der Waals surface area (Å²) in [6, 6.07) is 8.08. The van der Waals surface area contributed by atoms with Crippen molar-refractivity contribution < 1.29 is 13.2 Å². The number of anilines is 2. The Morgan fingerprint density at radius 3 is 2.62 bits per heavy atom. The number of hydrogen-bond acceptors (Lipinski definition) is 6. The molecule has 0 fully saturated rings. The average Bonchev–Trinajstić information content (AvgIpc) is 2.40. The van der Waals surface area contributed by atoms with Crippen LogP contribution in [0.25, 0.3) is 0 Å². The van der Waals surface area contributed by atoms with Crippen molar-refractivity contribution in [2.45, 2.75) is 0 Å². The van der Waals surface area contributed by atoms with E-state index < -0.39 is 10.0 Å². The van der Waals surface area contributed by atoms with Gasteiger partial charge in [-0.3, -0.25) is 4.72 Å². The maximum Gasteiger partial charge on any atom is 0.237 e. The number of nitrogen functional groups attached to an aromatic ring is 1. The van der Waals surface area contributed by atoms with E-state index in [9.17, 15) is 8.42 Å². The number of rotatable bonds is 6. The fraction of sp³-hybridized carbons (Fsp3) is 0.167. The zero-order chi connectivity index (χ0) is 15.3. The zero-order valence-corrected chi connectivity index (χ0v) is 12.4. The van der Waals surface area contributed by atoms with E-state index in [1.807, 2.05) is 0 Å². The molecule has 0 aliphatic rings. The minimum atomic E-state index is -3.58. The molecule has 1 heterocycles. The molecule has 0 amide bonds. The third-order valence-corrected chi connectivity index (χ3v) is 3.79. The van der Waals surface area contributed by atoms with E-state index >= 15 is 0 Å². The Hall–Kier alpha value is -2.06. The van der Waals surface area contributed by atoms with Gasteiger partial charge in [0.1, 0.15) is 23.9 Å². The van der Waals surface area contributed by atoms with Crippen LogP contribution in [-0.2, 0) is 10.0 Å². The summed E-state index contributed by atoms with van der Waals surface area (Å²) in [5.74, 6) is 0.436. The van der Waals surface area contributed by atoms with Gasteiger partial charge in [0.2, 0.25) is 15.3 Å². The molecule has 0 unspecified atom stereocenters. The molecule has 0 aliphatic carbocycles. The summed E-state index contributed by atoms with van der Waals surface area (Å²) < 4.78 is 31.3. The quantitative estimate of drug-likeness (QED) is 0.615. The van der Waals surface area contributed by atoms with Crippen LogP contribution >= 0.6 is 11.6 Å². The topological polar surface area (TPSA) is 107 Å². The van der Waals surface area contributed by atoms with Gasteiger partial charge in [0, 0.05) is 11.9 Å². The molecular formula is C12H13ClN4O3S. The van der Waals surface area contributed by atoms with E-state index in [0.717, 1.165) is 0 Å². The second kappa shape index (κ2) is 6.59.